The third kappa shape index (κ3) is 6.97. The molecule has 8 nitrogen and oxygen atoms in total. The molecule has 0 fully saturated rings. The summed E-state index contributed by atoms with van der Waals surface area (Å²) in [5.74, 6) is 1.25. The van der Waals surface area contributed by atoms with Crippen LogP contribution < -0.4 is 24.3 Å². The lowest BCUT2D eigenvalue weighted by Crippen LogP contribution is -2.39. The molecule has 3 rings (SSSR count). The Kier molecular flexibility index (Phi) is 9.60. The summed E-state index contributed by atoms with van der Waals surface area (Å²) in [7, 11) is 4.54. The fourth-order valence-electron chi connectivity index (χ4n) is 3.86. The number of ether oxygens (including phenoxy) is 5. The number of hydrogen-bond acceptors (Lipinski definition) is 7. The van der Waals surface area contributed by atoms with Crippen LogP contribution in [0, 0.1) is 0 Å². The van der Waals surface area contributed by atoms with Gasteiger partial charge in [0, 0.05) is 12.1 Å². The number of methoxy groups -OCH3 is 3. The smallest absolute Gasteiger partial charge is 0.349 e. The Labute approximate surface area is 223 Å². The molecule has 0 saturated carbocycles. The number of nitrogens with one attached hydrogen (secondary N) is 1. The van der Waals surface area contributed by atoms with E-state index in [1.54, 1.807) is 32.9 Å². The van der Waals surface area contributed by atoms with Crippen molar-refractivity contribution in [2.75, 3.05) is 34.5 Å². The van der Waals surface area contributed by atoms with Crippen molar-refractivity contribution in [2.24, 2.45) is 0 Å². The first kappa shape index (κ1) is 28.4. The summed E-state index contributed by atoms with van der Waals surface area (Å²) in [5, 5.41) is 2.94. The Morgan fingerprint density at radius 2 is 1.37 bits per heavy atom. The molecule has 0 bridgehead atoms. The Balaban J connectivity index is 1.57. The normalized spacial score (nSPS) is 10.9. The van der Waals surface area contributed by atoms with Crippen LogP contribution in [-0.2, 0) is 16.0 Å². The fourth-order valence-corrected chi connectivity index (χ4v) is 3.86. The molecule has 0 heterocycles. The van der Waals surface area contributed by atoms with Crippen molar-refractivity contribution >= 4 is 11.9 Å². The molecule has 8 heteroatoms. The van der Waals surface area contributed by atoms with Crippen molar-refractivity contribution in [1.29, 1.82) is 0 Å². The van der Waals surface area contributed by atoms with Gasteiger partial charge in [-0.25, -0.2) is 4.79 Å². The topological polar surface area (TPSA) is 92.3 Å². The van der Waals surface area contributed by atoms with Gasteiger partial charge in [0.05, 0.1) is 27.9 Å². The first-order valence-electron chi connectivity index (χ1n) is 12.4. The molecular weight excluding hydrogens is 486 g/mol. The van der Waals surface area contributed by atoms with E-state index in [4.69, 9.17) is 23.7 Å². The fraction of sp³-hybridized carbons (Fsp3) is 0.333. The van der Waals surface area contributed by atoms with Crippen LogP contribution >= 0.6 is 0 Å². The number of carbonyl (C=O) groups is 2. The first-order chi connectivity index (χ1) is 18.2. The van der Waals surface area contributed by atoms with Crippen LogP contribution in [0.5, 0.6) is 23.0 Å². The number of hydrogen-bond donors (Lipinski definition) is 1. The third-order valence-electron chi connectivity index (χ3n) is 5.91. The average molecular weight is 522 g/mol. The van der Waals surface area contributed by atoms with E-state index in [1.165, 1.54) is 21.3 Å². The molecule has 1 amide bonds. The molecule has 0 aromatic heterocycles. The lowest BCUT2D eigenvalue weighted by molar-refractivity contribution is -0.158. The average Bonchev–Trinajstić information content (AvgIpc) is 2.92. The van der Waals surface area contributed by atoms with Gasteiger partial charge >= 0.3 is 5.97 Å². The molecule has 38 heavy (non-hydrogen) atoms. The number of rotatable bonds is 12. The van der Waals surface area contributed by atoms with Crippen molar-refractivity contribution in [1.82, 2.24) is 5.32 Å². The molecule has 0 aliphatic heterocycles. The van der Waals surface area contributed by atoms with E-state index in [0.29, 0.717) is 48.1 Å². The van der Waals surface area contributed by atoms with Crippen LogP contribution in [0.15, 0.2) is 60.7 Å². The standard InChI is InChI=1S/C30H35NO7/c1-7-37-29(33)30(2,3)38-24-14-12-22(13-15-24)21-10-8-20(9-11-21)16-17-31-28(32)23-18-25(34-4)27(36-6)26(19-23)35-5/h8-15,18-19H,7,16-17H2,1-6H3,(H,31,32). The molecule has 0 spiro atoms. The molecule has 1 N–H and O–H groups in total. The summed E-state index contributed by atoms with van der Waals surface area (Å²) in [6.07, 6.45) is 0.673. The zero-order valence-corrected chi connectivity index (χ0v) is 22.8. The summed E-state index contributed by atoms with van der Waals surface area (Å²) < 4.78 is 26.9. The maximum atomic E-state index is 12.7. The van der Waals surface area contributed by atoms with Gasteiger partial charge in [0.15, 0.2) is 17.1 Å². The highest BCUT2D eigenvalue weighted by molar-refractivity contribution is 5.95. The third-order valence-corrected chi connectivity index (χ3v) is 5.91. The lowest BCUT2D eigenvalue weighted by Gasteiger charge is -2.24. The minimum absolute atomic E-state index is 0.227. The maximum absolute atomic E-state index is 12.7. The molecule has 3 aromatic carbocycles. The monoisotopic (exact) mass is 521 g/mol. The lowest BCUT2D eigenvalue weighted by atomic mass is 10.0. The van der Waals surface area contributed by atoms with Crippen LogP contribution in [0.1, 0.15) is 36.7 Å². The largest absolute Gasteiger partial charge is 0.493 e. The Morgan fingerprint density at radius 3 is 1.87 bits per heavy atom. The second-order valence-electron chi connectivity index (χ2n) is 8.97. The van der Waals surface area contributed by atoms with Gasteiger partial charge in [-0.2, -0.15) is 0 Å². The summed E-state index contributed by atoms with van der Waals surface area (Å²) >= 11 is 0. The molecule has 0 aliphatic carbocycles. The van der Waals surface area contributed by atoms with Gasteiger partial charge in [-0.05, 0) is 68.1 Å². The Morgan fingerprint density at radius 1 is 0.816 bits per heavy atom. The van der Waals surface area contributed by atoms with Gasteiger partial charge in [0.2, 0.25) is 5.75 Å². The van der Waals surface area contributed by atoms with Crippen LogP contribution in [0.4, 0.5) is 0 Å². The summed E-state index contributed by atoms with van der Waals surface area (Å²) in [6, 6.07) is 19.0. The van der Waals surface area contributed by atoms with Crippen molar-refractivity contribution in [3.63, 3.8) is 0 Å². The van der Waals surface area contributed by atoms with Crippen molar-refractivity contribution in [3.8, 4) is 34.1 Å². The predicted octanol–water partition coefficient (Wildman–Crippen LogP) is 5.07. The van der Waals surface area contributed by atoms with E-state index in [0.717, 1.165) is 16.7 Å². The van der Waals surface area contributed by atoms with Crippen molar-refractivity contribution in [2.45, 2.75) is 32.8 Å². The second-order valence-corrected chi connectivity index (χ2v) is 8.97. The zero-order chi connectivity index (χ0) is 27.7. The van der Waals surface area contributed by atoms with Gasteiger partial charge in [-0.3, -0.25) is 4.79 Å². The molecule has 3 aromatic rings. The zero-order valence-electron chi connectivity index (χ0n) is 22.8. The van der Waals surface area contributed by atoms with Gasteiger partial charge in [0.25, 0.3) is 5.91 Å². The predicted molar refractivity (Wildman–Crippen MR) is 145 cm³/mol. The van der Waals surface area contributed by atoms with E-state index < -0.39 is 11.6 Å². The minimum Gasteiger partial charge on any atom is -0.493 e. The molecule has 0 aliphatic rings. The van der Waals surface area contributed by atoms with Crippen molar-refractivity contribution < 1.29 is 33.3 Å². The molecule has 202 valence electrons. The van der Waals surface area contributed by atoms with Gasteiger partial charge in [-0.15, -0.1) is 0 Å². The SMILES string of the molecule is CCOC(=O)C(C)(C)Oc1ccc(-c2ccc(CCNC(=O)c3cc(OC)c(OC)c(OC)c3)cc2)cc1. The first-order valence-corrected chi connectivity index (χ1v) is 12.4. The van der Waals surface area contributed by atoms with E-state index in [1.807, 2.05) is 48.5 Å². The number of carbonyl (C=O) groups excluding carboxylic acids is 2. The number of benzene rings is 3. The summed E-state index contributed by atoms with van der Waals surface area (Å²) in [4.78, 5) is 24.8. The second kappa shape index (κ2) is 12.9. The van der Waals surface area contributed by atoms with Crippen molar-refractivity contribution in [3.05, 3.63) is 71.8 Å². The highest BCUT2D eigenvalue weighted by Gasteiger charge is 2.31. The minimum atomic E-state index is -1.07. The molecular formula is C30H35NO7. The van der Waals surface area contributed by atoms with Crippen LogP contribution in [0.25, 0.3) is 11.1 Å². The molecule has 0 atom stereocenters. The quantitative estimate of drug-likeness (QED) is 0.333. The maximum Gasteiger partial charge on any atom is 0.349 e. The van der Waals surface area contributed by atoms with Gasteiger partial charge < -0.3 is 29.0 Å². The Bertz CT molecular complexity index is 1210. The van der Waals surface area contributed by atoms with Crippen LogP contribution in [0.3, 0.4) is 0 Å². The van der Waals surface area contributed by atoms with Crippen LogP contribution in [-0.4, -0.2) is 52.0 Å². The highest BCUT2D eigenvalue weighted by atomic mass is 16.6. The molecule has 0 unspecified atom stereocenters. The highest BCUT2D eigenvalue weighted by Crippen LogP contribution is 2.38. The van der Waals surface area contributed by atoms with Crippen LogP contribution in [0.2, 0.25) is 0 Å². The van der Waals surface area contributed by atoms with E-state index in [2.05, 4.69) is 5.32 Å². The summed E-state index contributed by atoms with van der Waals surface area (Å²) in [5.41, 5.74) is 2.52. The van der Waals surface area contributed by atoms with E-state index >= 15 is 0 Å². The van der Waals surface area contributed by atoms with E-state index in [-0.39, 0.29) is 5.91 Å². The molecule has 0 radical (unpaired) electrons. The van der Waals surface area contributed by atoms with Gasteiger partial charge in [0.1, 0.15) is 5.75 Å². The number of amides is 1. The van der Waals surface area contributed by atoms with Gasteiger partial charge in [-0.1, -0.05) is 36.4 Å². The number of esters is 1. The Hall–Kier alpha value is -4.20. The van der Waals surface area contributed by atoms with E-state index in [9.17, 15) is 9.59 Å². The summed E-state index contributed by atoms with van der Waals surface area (Å²) in [6.45, 7) is 5.91. The molecule has 0 saturated heterocycles.